The number of oxime groups is 1. The Hall–Kier alpha value is -3.07. The van der Waals surface area contributed by atoms with Crippen molar-refractivity contribution in [3.8, 4) is 22.3 Å². The Labute approximate surface area is 129 Å². The van der Waals surface area contributed by atoms with Crippen molar-refractivity contribution in [1.29, 1.82) is 0 Å². The average Bonchev–Trinajstić information content (AvgIpc) is 2.58. The number of nitrogens with two attached hydrogens (primary N) is 1. The van der Waals surface area contributed by atoms with Gasteiger partial charge in [-0.3, -0.25) is 0 Å². The molecule has 108 valence electrons. The van der Waals surface area contributed by atoms with E-state index < -0.39 is 0 Å². The second-order valence-electron chi connectivity index (χ2n) is 4.97. The largest absolute Gasteiger partial charge is 0.411 e. The van der Waals surface area contributed by atoms with Crippen LogP contribution in [0.15, 0.2) is 78.0 Å². The van der Waals surface area contributed by atoms with E-state index in [0.29, 0.717) is 11.3 Å². The number of nitrogens with zero attached hydrogens (tertiary/aromatic N) is 1. The first-order chi connectivity index (χ1) is 10.8. The number of rotatable bonds is 3. The molecule has 0 aliphatic carbocycles. The van der Waals surface area contributed by atoms with Crippen LogP contribution in [-0.2, 0) is 0 Å². The zero-order chi connectivity index (χ0) is 15.4. The number of nitrogen functional groups attached to an aromatic ring is 1. The van der Waals surface area contributed by atoms with Crippen LogP contribution < -0.4 is 5.73 Å². The van der Waals surface area contributed by atoms with E-state index in [2.05, 4.69) is 17.3 Å². The van der Waals surface area contributed by atoms with Gasteiger partial charge in [-0.25, -0.2) is 0 Å². The highest BCUT2D eigenvalue weighted by atomic mass is 16.4. The lowest BCUT2D eigenvalue weighted by Gasteiger charge is -2.15. The van der Waals surface area contributed by atoms with E-state index in [1.165, 1.54) is 6.21 Å². The molecule has 3 heteroatoms. The molecule has 3 aromatic rings. The molecule has 3 nitrogen and oxygen atoms in total. The Morgan fingerprint density at radius 2 is 1.36 bits per heavy atom. The van der Waals surface area contributed by atoms with Crippen LogP contribution in [0.3, 0.4) is 0 Å². The monoisotopic (exact) mass is 288 g/mol. The maximum Gasteiger partial charge on any atom is 0.0754 e. The Morgan fingerprint density at radius 3 is 1.95 bits per heavy atom. The highest BCUT2D eigenvalue weighted by molar-refractivity contribution is 5.99. The van der Waals surface area contributed by atoms with Gasteiger partial charge in [-0.1, -0.05) is 78.0 Å². The third kappa shape index (κ3) is 2.56. The van der Waals surface area contributed by atoms with Crippen molar-refractivity contribution >= 4 is 11.9 Å². The minimum absolute atomic E-state index is 0.602. The van der Waals surface area contributed by atoms with Crippen LogP contribution >= 0.6 is 0 Å². The number of hydrogen-bond donors (Lipinski definition) is 2. The Bertz CT molecular complexity index is 796. The van der Waals surface area contributed by atoms with Crippen molar-refractivity contribution in [2.24, 2.45) is 5.16 Å². The number of anilines is 1. The molecule has 0 bridgehead atoms. The molecule has 0 radical (unpaired) electrons. The normalized spacial score (nSPS) is 10.9. The molecule has 3 aromatic carbocycles. The van der Waals surface area contributed by atoms with Gasteiger partial charge in [0.15, 0.2) is 0 Å². The summed E-state index contributed by atoms with van der Waals surface area (Å²) in [6, 6.07) is 24.0. The number of benzene rings is 3. The van der Waals surface area contributed by atoms with Gasteiger partial charge in [-0.2, -0.15) is 0 Å². The summed E-state index contributed by atoms with van der Waals surface area (Å²) < 4.78 is 0. The average molecular weight is 288 g/mol. The lowest BCUT2D eigenvalue weighted by Crippen LogP contribution is -1.99. The van der Waals surface area contributed by atoms with Gasteiger partial charge >= 0.3 is 0 Å². The maximum absolute atomic E-state index is 8.81. The van der Waals surface area contributed by atoms with Gasteiger partial charge in [0, 0.05) is 16.8 Å². The van der Waals surface area contributed by atoms with Crippen molar-refractivity contribution in [3.05, 3.63) is 78.4 Å². The molecular formula is C19H16N2O. The maximum atomic E-state index is 8.81. The molecule has 0 fully saturated rings. The highest BCUT2D eigenvalue weighted by Crippen LogP contribution is 2.37. The van der Waals surface area contributed by atoms with Crippen molar-refractivity contribution in [2.75, 3.05) is 5.73 Å². The molecule has 0 atom stereocenters. The smallest absolute Gasteiger partial charge is 0.0754 e. The second kappa shape index (κ2) is 6.14. The highest BCUT2D eigenvalue weighted by Gasteiger charge is 2.13. The first-order valence-electron chi connectivity index (χ1n) is 7.02. The molecule has 0 saturated carbocycles. The van der Waals surface area contributed by atoms with E-state index in [1.807, 2.05) is 60.7 Å². The molecule has 0 aliphatic heterocycles. The minimum atomic E-state index is 0.602. The second-order valence-corrected chi connectivity index (χ2v) is 4.97. The summed E-state index contributed by atoms with van der Waals surface area (Å²) in [5.41, 5.74) is 11.8. The zero-order valence-electron chi connectivity index (χ0n) is 12.0. The zero-order valence-corrected chi connectivity index (χ0v) is 12.0. The molecule has 3 rings (SSSR count). The molecule has 3 N–H and O–H groups in total. The summed E-state index contributed by atoms with van der Waals surface area (Å²) in [4.78, 5) is 0. The Kier molecular flexibility index (Phi) is 3.88. The quantitative estimate of drug-likeness (QED) is 0.324. The summed E-state index contributed by atoms with van der Waals surface area (Å²) >= 11 is 0. The molecule has 0 aromatic heterocycles. The fourth-order valence-corrected chi connectivity index (χ4v) is 2.58. The van der Waals surface area contributed by atoms with E-state index in [0.717, 1.165) is 22.3 Å². The Morgan fingerprint density at radius 1 is 0.773 bits per heavy atom. The first-order valence-corrected chi connectivity index (χ1v) is 7.02. The van der Waals surface area contributed by atoms with Gasteiger partial charge in [-0.15, -0.1) is 0 Å². The lowest BCUT2D eigenvalue weighted by atomic mass is 9.91. The third-order valence-electron chi connectivity index (χ3n) is 3.62. The van der Waals surface area contributed by atoms with Gasteiger partial charge in [0.05, 0.1) is 6.21 Å². The molecule has 0 spiro atoms. The minimum Gasteiger partial charge on any atom is -0.411 e. The summed E-state index contributed by atoms with van der Waals surface area (Å²) in [6.07, 6.45) is 1.36. The Balaban J connectivity index is 2.29. The number of hydrogen-bond acceptors (Lipinski definition) is 3. The summed E-state index contributed by atoms with van der Waals surface area (Å²) in [7, 11) is 0. The van der Waals surface area contributed by atoms with E-state index in [4.69, 9.17) is 10.9 Å². The van der Waals surface area contributed by atoms with Crippen LogP contribution in [0.5, 0.6) is 0 Å². The fourth-order valence-electron chi connectivity index (χ4n) is 2.58. The summed E-state index contributed by atoms with van der Waals surface area (Å²) in [6.45, 7) is 0. The van der Waals surface area contributed by atoms with Crippen molar-refractivity contribution < 1.29 is 5.21 Å². The molecular weight excluding hydrogens is 272 g/mol. The summed E-state index contributed by atoms with van der Waals surface area (Å²) in [5, 5.41) is 11.9. The summed E-state index contributed by atoms with van der Waals surface area (Å²) in [5.74, 6) is 0. The molecule has 22 heavy (non-hydrogen) atoms. The van der Waals surface area contributed by atoms with Crippen LogP contribution in [0.2, 0.25) is 0 Å². The van der Waals surface area contributed by atoms with Gasteiger partial charge in [0.1, 0.15) is 0 Å². The third-order valence-corrected chi connectivity index (χ3v) is 3.62. The van der Waals surface area contributed by atoms with E-state index >= 15 is 0 Å². The van der Waals surface area contributed by atoms with Crippen molar-refractivity contribution in [3.63, 3.8) is 0 Å². The standard InChI is InChI=1S/C19H16N2O/c20-19-16(13-21-22)11-12-17(14-7-3-1-4-8-14)18(19)15-9-5-2-6-10-15/h1-13,22H,20H2/b21-13-. The van der Waals surface area contributed by atoms with Gasteiger partial charge in [0.2, 0.25) is 0 Å². The molecule has 0 amide bonds. The van der Waals surface area contributed by atoms with Gasteiger partial charge < -0.3 is 10.9 Å². The van der Waals surface area contributed by atoms with Crippen LogP contribution in [0, 0.1) is 0 Å². The van der Waals surface area contributed by atoms with Crippen LogP contribution in [0.4, 0.5) is 5.69 Å². The molecule has 0 saturated heterocycles. The van der Waals surface area contributed by atoms with E-state index in [-0.39, 0.29) is 0 Å². The predicted molar refractivity (Wildman–Crippen MR) is 91.1 cm³/mol. The van der Waals surface area contributed by atoms with E-state index in [1.54, 1.807) is 0 Å². The molecule has 0 unspecified atom stereocenters. The van der Waals surface area contributed by atoms with Crippen molar-refractivity contribution in [2.45, 2.75) is 0 Å². The van der Waals surface area contributed by atoms with Gasteiger partial charge in [-0.05, 0) is 16.7 Å². The molecule has 0 aliphatic rings. The fraction of sp³-hybridized carbons (Fsp3) is 0. The lowest BCUT2D eigenvalue weighted by molar-refractivity contribution is 0.322. The van der Waals surface area contributed by atoms with Gasteiger partial charge in [0.25, 0.3) is 0 Å². The topological polar surface area (TPSA) is 58.6 Å². The SMILES string of the molecule is Nc1c(/C=N\O)ccc(-c2ccccc2)c1-c1ccccc1. The van der Waals surface area contributed by atoms with Crippen LogP contribution in [0.25, 0.3) is 22.3 Å². The van der Waals surface area contributed by atoms with Crippen molar-refractivity contribution in [1.82, 2.24) is 0 Å². The first kappa shape index (κ1) is 13.9. The predicted octanol–water partition coefficient (Wildman–Crippen LogP) is 4.41. The van der Waals surface area contributed by atoms with Crippen LogP contribution in [-0.4, -0.2) is 11.4 Å². The van der Waals surface area contributed by atoms with E-state index in [9.17, 15) is 0 Å². The molecule has 0 heterocycles. The van der Waals surface area contributed by atoms with Crippen LogP contribution in [0.1, 0.15) is 5.56 Å².